The van der Waals surface area contributed by atoms with Crippen molar-refractivity contribution in [3.8, 4) is 0 Å². The molecule has 2 aromatic carbocycles. The smallest absolute Gasteiger partial charge is 0.358 e. The zero-order chi connectivity index (χ0) is 11.6. The van der Waals surface area contributed by atoms with Crippen molar-refractivity contribution < 1.29 is 26.2 Å². The van der Waals surface area contributed by atoms with E-state index in [0.717, 1.165) is 6.42 Å². The van der Waals surface area contributed by atoms with Gasteiger partial charge in [0.2, 0.25) is 0 Å². The van der Waals surface area contributed by atoms with Crippen LogP contribution in [0.25, 0.3) is 10.8 Å². The van der Waals surface area contributed by atoms with Crippen LogP contribution >= 0.6 is 24.8 Å². The Balaban J connectivity index is -0.0000000639. The zero-order valence-electron chi connectivity index (χ0n) is 12.8. The maximum Gasteiger partial charge on any atom is 3.00 e. The predicted molar refractivity (Wildman–Crippen MR) is 99.1 cm³/mol. The van der Waals surface area contributed by atoms with E-state index in [2.05, 4.69) is 54.6 Å². The van der Waals surface area contributed by atoms with Crippen molar-refractivity contribution in [2.24, 2.45) is 0 Å². The topological polar surface area (TPSA) is 0 Å². The van der Waals surface area contributed by atoms with Crippen molar-refractivity contribution in [1.82, 2.24) is 0 Å². The number of halogens is 2. The van der Waals surface area contributed by atoms with Gasteiger partial charge in [0, 0.05) is 11.0 Å². The molecule has 0 saturated heterocycles. The van der Waals surface area contributed by atoms with Crippen molar-refractivity contribution in [1.29, 1.82) is 0 Å². The van der Waals surface area contributed by atoms with E-state index < -0.39 is 0 Å². The number of hydrogen-bond donors (Lipinski definition) is 0. The van der Waals surface area contributed by atoms with Crippen LogP contribution in [0.5, 0.6) is 0 Å². The first-order valence-corrected chi connectivity index (χ1v) is 5.79. The van der Waals surface area contributed by atoms with E-state index in [1.54, 1.807) is 0 Å². The van der Waals surface area contributed by atoms with Gasteiger partial charge < -0.3 is 7.43 Å². The maximum absolute atomic E-state index is 2.99. The molecule has 5 radical (unpaired) electrons. The minimum absolute atomic E-state index is 0. The molecule has 0 saturated carbocycles. The van der Waals surface area contributed by atoms with Gasteiger partial charge >= 0.3 is 26.2 Å². The van der Waals surface area contributed by atoms with E-state index in [1.165, 1.54) is 10.8 Å². The third-order valence-electron chi connectivity index (χ3n) is 2.13. The number of allylic oxidation sites excluding steroid dienone is 4. The minimum Gasteiger partial charge on any atom is -0.358 e. The van der Waals surface area contributed by atoms with Crippen LogP contribution in [0.3, 0.4) is 0 Å². The van der Waals surface area contributed by atoms with Crippen LogP contribution in [0.4, 0.5) is 0 Å². The van der Waals surface area contributed by atoms with Gasteiger partial charge in [0.25, 0.3) is 0 Å². The Bertz CT molecular complexity index is 424. The van der Waals surface area contributed by atoms with Crippen LogP contribution in [0.1, 0.15) is 20.3 Å². The molecule has 0 spiro atoms. The molecule has 0 aliphatic heterocycles. The van der Waals surface area contributed by atoms with Crippen LogP contribution in [-0.4, -0.2) is 11.0 Å². The molecule has 1 aliphatic carbocycles. The van der Waals surface area contributed by atoms with Gasteiger partial charge in [-0.25, -0.2) is 12.2 Å². The fraction of sp³-hybridized carbons (Fsp3) is 0.176. The third-order valence-corrected chi connectivity index (χ3v) is 2.13. The van der Waals surface area contributed by atoms with E-state index in [-0.39, 0.29) is 69.4 Å². The summed E-state index contributed by atoms with van der Waals surface area (Å²) in [5.74, 6) is 0. The first-order valence-electron chi connectivity index (χ1n) is 5.79. The minimum atomic E-state index is 0. The summed E-state index contributed by atoms with van der Waals surface area (Å²) in [5, 5.41) is 2.66. The van der Waals surface area contributed by atoms with Crippen LogP contribution in [0.15, 0.2) is 60.7 Å². The maximum atomic E-state index is 2.99. The number of hydrogen-bond acceptors (Lipinski definition) is 0. The van der Waals surface area contributed by atoms with Crippen molar-refractivity contribution in [2.75, 3.05) is 0 Å². The summed E-state index contributed by atoms with van der Waals surface area (Å²) in [5.41, 5.74) is 0. The fourth-order valence-corrected chi connectivity index (χ4v) is 1.41. The molecule has 0 heterocycles. The molecule has 0 atom stereocenters. The molecule has 21 heavy (non-hydrogen) atoms. The fourth-order valence-electron chi connectivity index (χ4n) is 1.41. The molecule has 0 N–H and O–H groups in total. The standard InChI is InChI=1S/C9H7.C5H5.C2H6.CH3.2ClH.Si.Zr/c1-2-5-9-7-3-6-8(9)4-1;1-2-4-5-3-1;1-2;;;;;/h1-7H;1-3H,4H2;1-2H3;1H3;2*1H;;/q2*-1;;-1;;;;+3. The molecule has 0 nitrogen and oxygen atoms in total. The second-order valence-corrected chi connectivity index (χ2v) is 3.16. The number of benzene rings is 1. The van der Waals surface area contributed by atoms with E-state index in [1.807, 2.05) is 26.0 Å². The summed E-state index contributed by atoms with van der Waals surface area (Å²) >= 11 is 0. The largest absolute Gasteiger partial charge is 3.00 e. The molecular weight excluding hydrogens is 394 g/mol. The Hall–Kier alpha value is -0.0100. The average molecular weight is 418 g/mol. The molecule has 0 bridgehead atoms. The van der Waals surface area contributed by atoms with Gasteiger partial charge in [-0.2, -0.15) is 23.6 Å². The monoisotopic (exact) mass is 415 g/mol. The van der Waals surface area contributed by atoms with Gasteiger partial charge in [-0.3, -0.25) is 6.08 Å². The van der Waals surface area contributed by atoms with E-state index in [0.29, 0.717) is 0 Å². The van der Waals surface area contributed by atoms with E-state index >= 15 is 0 Å². The van der Waals surface area contributed by atoms with Gasteiger partial charge in [-0.15, -0.1) is 60.9 Å². The summed E-state index contributed by atoms with van der Waals surface area (Å²) < 4.78 is 0. The summed E-state index contributed by atoms with van der Waals surface area (Å²) in [6.45, 7) is 4.00. The zero-order valence-corrected chi connectivity index (χ0v) is 17.9. The molecule has 3 rings (SSSR count). The van der Waals surface area contributed by atoms with Gasteiger partial charge in [-0.05, 0) is 0 Å². The van der Waals surface area contributed by atoms with E-state index in [4.69, 9.17) is 0 Å². The molecule has 4 heteroatoms. The Morgan fingerprint density at radius 3 is 2.10 bits per heavy atom. The van der Waals surface area contributed by atoms with Crippen molar-refractivity contribution in [3.05, 3.63) is 74.2 Å². The Morgan fingerprint density at radius 1 is 1.05 bits per heavy atom. The van der Waals surface area contributed by atoms with Gasteiger partial charge in [0.05, 0.1) is 0 Å². The van der Waals surface area contributed by atoms with Gasteiger partial charge in [0.15, 0.2) is 0 Å². The number of rotatable bonds is 0. The van der Waals surface area contributed by atoms with Gasteiger partial charge in [0.1, 0.15) is 0 Å². The first-order chi connectivity index (χ1) is 7.97. The first kappa shape index (κ1) is 32.8. The van der Waals surface area contributed by atoms with Crippen LogP contribution in [-0.2, 0) is 26.2 Å². The second-order valence-electron chi connectivity index (χ2n) is 3.16. The van der Waals surface area contributed by atoms with Crippen LogP contribution in [0, 0.1) is 13.5 Å². The molecule has 0 aromatic heterocycles. The van der Waals surface area contributed by atoms with Crippen molar-refractivity contribution >= 4 is 46.6 Å². The normalized spacial score (nSPS) is 8.86. The summed E-state index contributed by atoms with van der Waals surface area (Å²) in [6.07, 6.45) is 10.0. The Morgan fingerprint density at radius 2 is 1.67 bits per heavy atom. The second kappa shape index (κ2) is 22.3. The Labute approximate surface area is 166 Å². The summed E-state index contributed by atoms with van der Waals surface area (Å²) in [4.78, 5) is 0. The van der Waals surface area contributed by atoms with Crippen molar-refractivity contribution in [3.63, 3.8) is 0 Å². The molecule has 0 amide bonds. The predicted octanol–water partition coefficient (Wildman–Crippen LogP) is 5.80. The average Bonchev–Trinajstić information content (AvgIpc) is 3.06. The van der Waals surface area contributed by atoms with Crippen LogP contribution in [0.2, 0.25) is 0 Å². The van der Waals surface area contributed by atoms with E-state index in [9.17, 15) is 0 Å². The quantitative estimate of drug-likeness (QED) is 0.375. The SMILES string of the molecule is CC.Cl.Cl.[C-]1=CC=CC1.[CH3-].[Si].[Zr+3].c1ccc2[cH-]ccc2c1. The summed E-state index contributed by atoms with van der Waals surface area (Å²) in [6, 6.07) is 14.7. The molecule has 0 unspecified atom stereocenters. The third kappa shape index (κ3) is 13.4. The van der Waals surface area contributed by atoms with Crippen molar-refractivity contribution in [2.45, 2.75) is 20.3 Å². The Kier molecular flexibility index (Phi) is 34.8. The molecule has 0 fully saturated rings. The summed E-state index contributed by atoms with van der Waals surface area (Å²) in [7, 11) is 0. The van der Waals surface area contributed by atoms with Gasteiger partial charge in [-0.1, -0.05) is 19.9 Å². The number of fused-ring (bicyclic) bond motifs is 1. The molecule has 2 aromatic rings. The molecule has 1 aliphatic rings. The molecule has 113 valence electrons. The molecular formula is C17H23Cl2SiZr. The van der Waals surface area contributed by atoms with Crippen LogP contribution < -0.4 is 0 Å².